The molecule has 1 aromatic carbocycles. The molecule has 0 aliphatic rings. The van der Waals surface area contributed by atoms with Gasteiger partial charge in [0.05, 0.1) is 11.4 Å². The second-order valence-corrected chi connectivity index (χ2v) is 5.93. The molecule has 3 N–H and O–H groups in total. The molecule has 9 heteroatoms. The molecule has 1 amide bonds. The van der Waals surface area contributed by atoms with E-state index in [0.29, 0.717) is 0 Å². The maximum atomic E-state index is 12.0. The molecule has 0 aliphatic heterocycles. The first-order valence-corrected chi connectivity index (χ1v) is 6.87. The van der Waals surface area contributed by atoms with Gasteiger partial charge in [0, 0.05) is 7.05 Å². The van der Waals surface area contributed by atoms with Crippen molar-refractivity contribution in [3.05, 3.63) is 24.3 Å². The van der Waals surface area contributed by atoms with Crippen LogP contribution in [0.2, 0.25) is 0 Å². The van der Waals surface area contributed by atoms with Crippen molar-refractivity contribution in [1.29, 1.82) is 0 Å². The van der Waals surface area contributed by atoms with Crippen molar-refractivity contribution in [3.8, 4) is 5.75 Å². The summed E-state index contributed by atoms with van der Waals surface area (Å²) in [5.74, 6) is -1.68. The molecule has 0 unspecified atom stereocenters. The zero-order chi connectivity index (χ0) is 15.3. The zero-order valence-corrected chi connectivity index (χ0v) is 11.5. The second kappa shape index (κ2) is 6.35. The Balaban J connectivity index is 2.86. The van der Waals surface area contributed by atoms with Crippen LogP contribution in [0.5, 0.6) is 5.75 Å². The number of nitrogens with two attached hydrogens (primary N) is 1. The quantitative estimate of drug-likeness (QED) is 0.682. The van der Waals surface area contributed by atoms with Gasteiger partial charge < -0.3 is 15.6 Å². The van der Waals surface area contributed by atoms with Crippen LogP contribution in [0.25, 0.3) is 0 Å². The summed E-state index contributed by atoms with van der Waals surface area (Å²) in [6.07, 6.45) is 0. The third-order valence-electron chi connectivity index (χ3n) is 2.27. The molecule has 0 spiro atoms. The van der Waals surface area contributed by atoms with E-state index in [2.05, 4.69) is 0 Å². The van der Waals surface area contributed by atoms with Crippen LogP contribution in [-0.2, 0) is 19.6 Å². The fourth-order valence-electron chi connectivity index (χ4n) is 1.34. The Bertz CT molecular complexity index is 596. The minimum absolute atomic E-state index is 0.0519. The Morgan fingerprint density at radius 3 is 2.30 bits per heavy atom. The van der Waals surface area contributed by atoms with Gasteiger partial charge in [-0.1, -0.05) is 0 Å². The van der Waals surface area contributed by atoms with Crippen LogP contribution in [0.15, 0.2) is 29.2 Å². The van der Waals surface area contributed by atoms with Crippen LogP contribution in [-0.4, -0.2) is 49.9 Å². The number of benzene rings is 1. The number of likely N-dealkylation sites (N-methyl/N-ethyl adjacent to an activating group) is 1. The van der Waals surface area contributed by atoms with Crippen LogP contribution in [0.4, 0.5) is 0 Å². The van der Waals surface area contributed by atoms with Gasteiger partial charge in [-0.05, 0) is 24.3 Å². The number of rotatable bonds is 7. The molecular formula is C11H14N2O6S. The first-order chi connectivity index (χ1) is 9.23. The maximum absolute atomic E-state index is 12.0. The monoisotopic (exact) mass is 302 g/mol. The lowest BCUT2D eigenvalue weighted by Gasteiger charge is -2.15. The third kappa shape index (κ3) is 4.21. The van der Waals surface area contributed by atoms with E-state index in [0.717, 1.165) is 4.31 Å². The SMILES string of the molecule is CN(CC(N)=O)S(=O)(=O)c1ccc(OCC(=O)O)cc1. The number of hydrogen-bond donors (Lipinski definition) is 2. The number of aliphatic carboxylic acids is 1. The number of primary amides is 1. The summed E-state index contributed by atoms with van der Waals surface area (Å²) in [5.41, 5.74) is 4.94. The smallest absolute Gasteiger partial charge is 0.341 e. The van der Waals surface area contributed by atoms with Gasteiger partial charge in [0.15, 0.2) is 6.61 Å². The Kier molecular flexibility index (Phi) is 5.06. The topological polar surface area (TPSA) is 127 Å². The van der Waals surface area contributed by atoms with Gasteiger partial charge in [-0.2, -0.15) is 4.31 Å². The fourth-order valence-corrected chi connectivity index (χ4v) is 2.47. The Hall–Kier alpha value is -2.13. The number of sulfonamides is 1. The Labute approximate surface area is 115 Å². The van der Waals surface area contributed by atoms with Crippen molar-refractivity contribution < 1.29 is 27.9 Å². The number of carboxylic acids is 1. The van der Waals surface area contributed by atoms with E-state index in [1.165, 1.54) is 31.3 Å². The highest BCUT2D eigenvalue weighted by Crippen LogP contribution is 2.18. The van der Waals surface area contributed by atoms with Crippen molar-refractivity contribution in [3.63, 3.8) is 0 Å². The van der Waals surface area contributed by atoms with E-state index in [1.807, 2.05) is 0 Å². The zero-order valence-electron chi connectivity index (χ0n) is 10.6. The summed E-state index contributed by atoms with van der Waals surface area (Å²) in [5, 5.41) is 8.44. The van der Waals surface area contributed by atoms with Gasteiger partial charge in [0.2, 0.25) is 15.9 Å². The summed E-state index contributed by atoms with van der Waals surface area (Å²) in [6, 6.07) is 5.16. The van der Waals surface area contributed by atoms with Crippen molar-refractivity contribution in [2.45, 2.75) is 4.90 Å². The van der Waals surface area contributed by atoms with E-state index in [4.69, 9.17) is 15.6 Å². The molecule has 0 bridgehead atoms. The van der Waals surface area contributed by atoms with E-state index in [-0.39, 0.29) is 10.6 Å². The van der Waals surface area contributed by atoms with Gasteiger partial charge >= 0.3 is 5.97 Å². The minimum atomic E-state index is -3.82. The van der Waals surface area contributed by atoms with Crippen LogP contribution in [0, 0.1) is 0 Å². The van der Waals surface area contributed by atoms with Crippen LogP contribution < -0.4 is 10.5 Å². The van der Waals surface area contributed by atoms with Gasteiger partial charge in [0.1, 0.15) is 5.75 Å². The van der Waals surface area contributed by atoms with Gasteiger partial charge in [0.25, 0.3) is 0 Å². The standard InChI is InChI=1S/C11H14N2O6S/c1-13(6-10(12)14)20(17,18)9-4-2-8(3-5-9)19-7-11(15)16/h2-5H,6-7H2,1H3,(H2,12,14)(H,15,16). The van der Waals surface area contributed by atoms with Gasteiger partial charge in [-0.15, -0.1) is 0 Å². The normalized spacial score (nSPS) is 11.3. The predicted octanol–water partition coefficient (Wildman–Crippen LogP) is -0.744. The third-order valence-corrected chi connectivity index (χ3v) is 4.09. The average Bonchev–Trinajstić information content (AvgIpc) is 2.36. The number of nitrogens with zero attached hydrogens (tertiary/aromatic N) is 1. The van der Waals surface area contributed by atoms with E-state index in [9.17, 15) is 18.0 Å². The second-order valence-electron chi connectivity index (χ2n) is 3.88. The Morgan fingerprint density at radius 1 is 1.30 bits per heavy atom. The van der Waals surface area contributed by atoms with Crippen LogP contribution in [0.3, 0.4) is 0 Å². The van der Waals surface area contributed by atoms with Crippen molar-refractivity contribution in [2.24, 2.45) is 5.73 Å². The predicted molar refractivity (Wildman–Crippen MR) is 68.6 cm³/mol. The highest BCUT2D eigenvalue weighted by Gasteiger charge is 2.21. The molecule has 1 aromatic rings. The number of hydrogen-bond acceptors (Lipinski definition) is 5. The first kappa shape index (κ1) is 15.9. The minimum Gasteiger partial charge on any atom is -0.482 e. The molecule has 0 saturated carbocycles. The van der Waals surface area contributed by atoms with Gasteiger partial charge in [-0.3, -0.25) is 4.79 Å². The number of amides is 1. The number of carbonyl (C=O) groups is 2. The molecule has 0 heterocycles. The van der Waals surface area contributed by atoms with E-state index >= 15 is 0 Å². The Morgan fingerprint density at radius 2 is 1.85 bits per heavy atom. The lowest BCUT2D eigenvalue weighted by atomic mass is 10.3. The maximum Gasteiger partial charge on any atom is 0.341 e. The summed E-state index contributed by atoms with van der Waals surface area (Å²) in [7, 11) is -2.59. The summed E-state index contributed by atoms with van der Waals surface area (Å²) in [6.45, 7) is -0.951. The van der Waals surface area contributed by atoms with E-state index in [1.54, 1.807) is 0 Å². The average molecular weight is 302 g/mol. The first-order valence-electron chi connectivity index (χ1n) is 5.43. The molecule has 1 rings (SSSR count). The molecule has 0 aromatic heterocycles. The highest BCUT2D eigenvalue weighted by molar-refractivity contribution is 7.89. The van der Waals surface area contributed by atoms with Crippen LogP contribution in [0.1, 0.15) is 0 Å². The molecule has 8 nitrogen and oxygen atoms in total. The van der Waals surface area contributed by atoms with Crippen molar-refractivity contribution in [1.82, 2.24) is 4.31 Å². The number of carbonyl (C=O) groups excluding carboxylic acids is 1. The van der Waals surface area contributed by atoms with Gasteiger partial charge in [-0.25, -0.2) is 13.2 Å². The number of carboxylic acid groups (broad SMARTS) is 1. The molecule has 0 saturated heterocycles. The molecule has 20 heavy (non-hydrogen) atoms. The largest absolute Gasteiger partial charge is 0.482 e. The fraction of sp³-hybridized carbons (Fsp3) is 0.273. The summed E-state index contributed by atoms with van der Waals surface area (Å²) in [4.78, 5) is 21.0. The molecule has 0 aliphatic carbocycles. The van der Waals surface area contributed by atoms with Crippen LogP contribution >= 0.6 is 0 Å². The molecular weight excluding hydrogens is 288 g/mol. The van der Waals surface area contributed by atoms with Crippen molar-refractivity contribution >= 4 is 21.9 Å². The number of ether oxygens (including phenoxy) is 1. The molecule has 110 valence electrons. The molecule has 0 atom stereocenters. The lowest BCUT2D eigenvalue weighted by molar-refractivity contribution is -0.139. The molecule has 0 radical (unpaired) electrons. The molecule has 0 fully saturated rings. The van der Waals surface area contributed by atoms with E-state index < -0.39 is 35.1 Å². The summed E-state index contributed by atoms with van der Waals surface area (Å²) >= 11 is 0. The highest BCUT2D eigenvalue weighted by atomic mass is 32.2. The van der Waals surface area contributed by atoms with Crippen molar-refractivity contribution in [2.75, 3.05) is 20.2 Å². The summed E-state index contributed by atoms with van der Waals surface area (Å²) < 4.78 is 29.8. The lowest BCUT2D eigenvalue weighted by Crippen LogP contribution is -2.35.